The number of ketones is 2. The molecular formula is C41H50N2O10. The first kappa shape index (κ1) is 39.3. The summed E-state index contributed by atoms with van der Waals surface area (Å²) in [5.74, 6) is -1.30. The SMILES string of the molecule is CC(=O)OC1(C(C)=O)CCC2C3C=C(C)C4=CC(=O)CCC4(C)C3CCC21C.COC(=O)C1=C(C)NC(C)=C(C(=O)OC)C1c1ccccc1[N+](=O)[O-]. The number of esters is 3. The summed E-state index contributed by atoms with van der Waals surface area (Å²) >= 11 is 0. The first-order valence-corrected chi connectivity index (χ1v) is 18.1. The molecule has 1 N–H and O–H groups in total. The second-order valence-corrected chi connectivity index (χ2v) is 15.5. The zero-order chi connectivity index (χ0) is 39.2. The third-order valence-corrected chi connectivity index (χ3v) is 12.9. The molecule has 53 heavy (non-hydrogen) atoms. The second kappa shape index (κ2) is 14.5. The molecule has 6 unspecified atom stereocenters. The fourth-order valence-corrected chi connectivity index (χ4v) is 10.4. The third kappa shape index (κ3) is 6.44. The van der Waals surface area contributed by atoms with Gasteiger partial charge in [0.1, 0.15) is 0 Å². The van der Waals surface area contributed by atoms with Crippen molar-refractivity contribution in [1.82, 2.24) is 5.32 Å². The lowest BCUT2D eigenvalue weighted by Gasteiger charge is -2.58. The molecule has 0 bridgehead atoms. The number of rotatable bonds is 6. The van der Waals surface area contributed by atoms with Gasteiger partial charge in [-0.05, 0) is 94.6 Å². The molecule has 0 spiro atoms. The Bertz CT molecular complexity index is 1870. The summed E-state index contributed by atoms with van der Waals surface area (Å²) in [7, 11) is 2.42. The van der Waals surface area contributed by atoms with E-state index >= 15 is 0 Å². The van der Waals surface area contributed by atoms with Gasteiger partial charge in [0.15, 0.2) is 17.2 Å². The van der Waals surface area contributed by atoms with Crippen molar-refractivity contribution in [3.05, 3.63) is 85.8 Å². The highest BCUT2D eigenvalue weighted by molar-refractivity contribution is 6.00. The molecule has 4 aliphatic carbocycles. The zero-order valence-corrected chi connectivity index (χ0v) is 32.0. The lowest BCUT2D eigenvalue weighted by molar-refractivity contribution is -0.385. The van der Waals surface area contributed by atoms with E-state index in [1.54, 1.807) is 26.8 Å². The Balaban J connectivity index is 0.000000206. The number of nitrogens with zero attached hydrogens (tertiary/aromatic N) is 1. The number of fused-ring (bicyclic) bond motifs is 5. The lowest BCUT2D eigenvalue weighted by atomic mass is 9.47. The van der Waals surface area contributed by atoms with Crippen LogP contribution in [-0.4, -0.2) is 54.2 Å². The highest BCUT2D eigenvalue weighted by atomic mass is 16.6. The van der Waals surface area contributed by atoms with Crippen LogP contribution in [0, 0.1) is 38.7 Å². The van der Waals surface area contributed by atoms with Gasteiger partial charge in [0.25, 0.3) is 5.69 Å². The van der Waals surface area contributed by atoms with E-state index in [4.69, 9.17) is 14.2 Å². The highest BCUT2D eigenvalue weighted by Crippen LogP contribution is 2.67. The molecule has 0 aromatic heterocycles. The van der Waals surface area contributed by atoms with Crippen LogP contribution in [0.1, 0.15) is 98.5 Å². The fourth-order valence-electron chi connectivity index (χ4n) is 10.4. The van der Waals surface area contributed by atoms with Gasteiger partial charge in [-0.15, -0.1) is 0 Å². The lowest BCUT2D eigenvalue weighted by Crippen LogP contribution is -2.58. The molecule has 6 rings (SSSR count). The summed E-state index contributed by atoms with van der Waals surface area (Å²) in [5.41, 5.74) is 2.34. The maximum Gasteiger partial charge on any atom is 0.336 e. The Labute approximate surface area is 310 Å². The summed E-state index contributed by atoms with van der Waals surface area (Å²) in [5, 5.41) is 14.4. The smallest absolute Gasteiger partial charge is 0.336 e. The number of carbonyl (C=O) groups is 5. The van der Waals surface area contributed by atoms with Crippen LogP contribution >= 0.6 is 0 Å². The van der Waals surface area contributed by atoms with Crippen LogP contribution in [0.2, 0.25) is 0 Å². The van der Waals surface area contributed by atoms with Crippen LogP contribution in [-0.2, 0) is 38.2 Å². The highest BCUT2D eigenvalue weighted by Gasteiger charge is 2.67. The Morgan fingerprint density at radius 2 is 1.47 bits per heavy atom. The van der Waals surface area contributed by atoms with E-state index in [0.29, 0.717) is 42.0 Å². The minimum absolute atomic E-state index is 0.0160. The van der Waals surface area contributed by atoms with Gasteiger partial charge in [-0.3, -0.25) is 24.5 Å². The van der Waals surface area contributed by atoms with Gasteiger partial charge in [-0.2, -0.15) is 0 Å². The summed E-state index contributed by atoms with van der Waals surface area (Å²) in [6, 6.07) is 5.97. The first-order chi connectivity index (χ1) is 24.9. The average Bonchev–Trinajstić information content (AvgIpc) is 3.40. The molecule has 0 saturated heterocycles. The second-order valence-electron chi connectivity index (χ2n) is 15.5. The molecule has 12 nitrogen and oxygen atoms in total. The first-order valence-electron chi connectivity index (χ1n) is 18.1. The molecule has 284 valence electrons. The molecule has 2 fully saturated rings. The average molecular weight is 731 g/mol. The maximum atomic E-state index is 12.8. The molecule has 1 heterocycles. The number of Topliss-reactive ketones (excluding diaryl/α,β-unsaturated/α-hetero) is 1. The number of hydrogen-bond donors (Lipinski definition) is 1. The summed E-state index contributed by atoms with van der Waals surface area (Å²) < 4.78 is 15.5. The van der Waals surface area contributed by atoms with Gasteiger partial charge in [0.2, 0.25) is 0 Å². The number of nitro groups is 1. The predicted molar refractivity (Wildman–Crippen MR) is 195 cm³/mol. The maximum absolute atomic E-state index is 12.8. The molecule has 2 saturated carbocycles. The Kier molecular flexibility index (Phi) is 10.8. The van der Waals surface area contributed by atoms with E-state index in [1.807, 2.05) is 6.08 Å². The number of ether oxygens (including phenoxy) is 3. The Morgan fingerprint density at radius 1 is 0.887 bits per heavy atom. The van der Waals surface area contributed by atoms with Crippen molar-refractivity contribution in [2.45, 2.75) is 98.5 Å². The molecule has 1 aromatic rings. The van der Waals surface area contributed by atoms with Crippen LogP contribution in [0.4, 0.5) is 5.69 Å². The van der Waals surface area contributed by atoms with E-state index < -0.39 is 28.4 Å². The number of methoxy groups -OCH3 is 2. The van der Waals surface area contributed by atoms with Crippen molar-refractivity contribution in [3.63, 3.8) is 0 Å². The molecule has 6 atom stereocenters. The van der Waals surface area contributed by atoms with E-state index in [0.717, 1.165) is 25.7 Å². The predicted octanol–water partition coefficient (Wildman–Crippen LogP) is 6.75. The van der Waals surface area contributed by atoms with Gasteiger partial charge in [0.05, 0.1) is 36.2 Å². The number of para-hydroxylation sites is 1. The zero-order valence-electron chi connectivity index (χ0n) is 32.0. The van der Waals surface area contributed by atoms with Crippen LogP contribution in [0.5, 0.6) is 0 Å². The van der Waals surface area contributed by atoms with E-state index in [2.05, 4.69) is 32.2 Å². The quantitative estimate of drug-likeness (QED) is 0.142. The number of hydrogen-bond acceptors (Lipinski definition) is 11. The Hall–Kier alpha value is -4.87. The topological polar surface area (TPSA) is 168 Å². The number of nitrogens with one attached hydrogen (secondary N) is 1. The molecule has 12 heteroatoms. The number of dihydropyridines is 1. The monoisotopic (exact) mass is 730 g/mol. The van der Waals surface area contributed by atoms with E-state index in [9.17, 15) is 34.1 Å². The largest absolute Gasteiger partial charge is 0.466 e. The standard InChI is InChI=1S/C24H32O4.C17H18N2O6/c1-14-12-18-19(22(4)9-6-17(27)13-21(14)22)7-10-23(5)20(18)8-11-24(23,15(2)25)28-16(3)26;1-9-13(16(20)24-3)15(14(10(2)18-9)17(21)25-4)11-7-5-6-8-12(11)19(22)23/h12-13,18-20H,6-11H2,1-5H3;5-8,15,18H,1-4H3. The molecule has 1 aliphatic heterocycles. The normalized spacial score (nSPS) is 30.6. The van der Waals surface area contributed by atoms with Crippen molar-refractivity contribution in [2.24, 2.45) is 28.6 Å². The van der Waals surface area contributed by atoms with E-state index in [1.165, 1.54) is 50.5 Å². The number of benzene rings is 1. The van der Waals surface area contributed by atoms with Gasteiger partial charge in [-0.25, -0.2) is 9.59 Å². The van der Waals surface area contributed by atoms with Crippen molar-refractivity contribution < 1.29 is 43.1 Å². The Morgan fingerprint density at radius 3 is 2.02 bits per heavy atom. The number of carbonyl (C=O) groups excluding carboxylic acids is 5. The molecular weight excluding hydrogens is 680 g/mol. The van der Waals surface area contributed by atoms with Gasteiger partial charge in [0, 0.05) is 41.8 Å². The third-order valence-electron chi connectivity index (χ3n) is 12.9. The van der Waals surface area contributed by atoms with Crippen molar-refractivity contribution in [2.75, 3.05) is 14.2 Å². The van der Waals surface area contributed by atoms with E-state index in [-0.39, 0.29) is 50.8 Å². The minimum Gasteiger partial charge on any atom is -0.466 e. The van der Waals surface area contributed by atoms with Crippen LogP contribution < -0.4 is 5.32 Å². The molecule has 0 radical (unpaired) electrons. The number of nitro benzene ring substituents is 1. The summed E-state index contributed by atoms with van der Waals surface area (Å²) in [6.45, 7) is 12.9. The molecule has 5 aliphatic rings. The summed E-state index contributed by atoms with van der Waals surface area (Å²) in [6.07, 6.45) is 9.20. The fraction of sp³-hybridized carbons (Fsp3) is 0.537. The minimum atomic E-state index is -0.990. The van der Waals surface area contributed by atoms with Crippen molar-refractivity contribution >= 4 is 35.2 Å². The van der Waals surface area contributed by atoms with Gasteiger partial charge in [-0.1, -0.05) is 43.7 Å². The van der Waals surface area contributed by atoms with Crippen molar-refractivity contribution in [3.8, 4) is 0 Å². The number of allylic oxidation sites excluding steroid dienone is 6. The van der Waals surface area contributed by atoms with Gasteiger partial charge >= 0.3 is 17.9 Å². The summed E-state index contributed by atoms with van der Waals surface area (Å²) in [4.78, 5) is 72.3. The molecule has 0 amide bonds. The van der Waals surface area contributed by atoms with Gasteiger partial charge < -0.3 is 19.5 Å². The van der Waals surface area contributed by atoms with Crippen LogP contribution in [0.15, 0.2) is 70.1 Å². The van der Waals surface area contributed by atoms with Crippen LogP contribution in [0.25, 0.3) is 0 Å². The molecule has 1 aromatic carbocycles. The van der Waals surface area contributed by atoms with Crippen molar-refractivity contribution in [1.29, 1.82) is 0 Å². The van der Waals surface area contributed by atoms with Crippen LogP contribution in [0.3, 0.4) is 0 Å².